The Hall–Kier alpha value is -2.86. The molecular weight excluding hydrogens is 364 g/mol. The number of nitrogens with one attached hydrogen (secondary N) is 1. The van der Waals surface area contributed by atoms with Crippen LogP contribution in [0.5, 0.6) is 5.75 Å². The number of ether oxygens (including phenoxy) is 1. The number of amides is 1. The molecule has 27 heavy (non-hydrogen) atoms. The molecule has 0 bridgehead atoms. The largest absolute Gasteiger partial charge is 0.491 e. The van der Waals surface area contributed by atoms with Crippen molar-refractivity contribution in [2.24, 2.45) is 0 Å². The predicted molar refractivity (Wildman–Crippen MR) is 105 cm³/mol. The number of para-hydroxylation sites is 1. The molecule has 140 valence electrons. The highest BCUT2D eigenvalue weighted by Gasteiger charge is 2.12. The smallest absolute Gasteiger partial charge is 0.252 e. The fourth-order valence-corrected chi connectivity index (χ4v) is 2.90. The van der Waals surface area contributed by atoms with Crippen LogP contribution in [0.25, 0.3) is 5.69 Å². The monoisotopic (exact) mass is 384 g/mol. The topological polar surface area (TPSA) is 69.0 Å². The van der Waals surface area contributed by atoms with Gasteiger partial charge in [-0.15, -0.1) is 10.2 Å². The van der Waals surface area contributed by atoms with Gasteiger partial charge in [0, 0.05) is 5.69 Å². The highest BCUT2D eigenvalue weighted by molar-refractivity contribution is 6.33. The first-order valence-corrected chi connectivity index (χ1v) is 9.08. The maximum Gasteiger partial charge on any atom is 0.252 e. The fourth-order valence-electron chi connectivity index (χ4n) is 2.69. The van der Waals surface area contributed by atoms with E-state index in [1.54, 1.807) is 35.4 Å². The third kappa shape index (κ3) is 4.65. The Morgan fingerprint density at radius 1 is 1.19 bits per heavy atom. The summed E-state index contributed by atoms with van der Waals surface area (Å²) in [7, 11) is 0. The molecule has 7 heteroatoms. The number of carbonyl (C=O) groups is 1. The van der Waals surface area contributed by atoms with Crippen molar-refractivity contribution in [3.05, 3.63) is 71.3 Å². The standard InChI is InChI=1S/C20H21ClN4O2/c1-14(2)16-5-3-4-6-19(16)27-10-9-22-20(26)17-11-15(7-8-18(17)21)25-12-23-24-13-25/h3-8,11-14H,9-10H2,1-2H3,(H,22,26). The Labute approximate surface area is 163 Å². The van der Waals surface area contributed by atoms with Crippen LogP contribution >= 0.6 is 11.6 Å². The summed E-state index contributed by atoms with van der Waals surface area (Å²) in [6.07, 6.45) is 3.12. The van der Waals surface area contributed by atoms with Crippen LogP contribution in [0, 0.1) is 0 Å². The molecule has 1 heterocycles. The van der Waals surface area contributed by atoms with Gasteiger partial charge in [0.25, 0.3) is 5.91 Å². The van der Waals surface area contributed by atoms with Gasteiger partial charge >= 0.3 is 0 Å². The molecule has 1 N–H and O–H groups in total. The van der Waals surface area contributed by atoms with E-state index in [1.165, 1.54) is 0 Å². The number of halogens is 1. The van der Waals surface area contributed by atoms with Crippen molar-refractivity contribution in [1.29, 1.82) is 0 Å². The van der Waals surface area contributed by atoms with Gasteiger partial charge in [0.2, 0.25) is 0 Å². The lowest BCUT2D eigenvalue weighted by Crippen LogP contribution is -2.28. The summed E-state index contributed by atoms with van der Waals surface area (Å²) in [5.41, 5.74) is 2.30. The van der Waals surface area contributed by atoms with Crippen LogP contribution in [-0.4, -0.2) is 33.8 Å². The summed E-state index contributed by atoms with van der Waals surface area (Å²) in [6, 6.07) is 13.1. The molecule has 2 aromatic carbocycles. The zero-order chi connectivity index (χ0) is 19.2. The summed E-state index contributed by atoms with van der Waals surface area (Å²) >= 11 is 6.18. The molecule has 1 aromatic heterocycles. The minimum Gasteiger partial charge on any atom is -0.491 e. The molecule has 0 fully saturated rings. The molecule has 0 unspecified atom stereocenters. The SMILES string of the molecule is CC(C)c1ccccc1OCCNC(=O)c1cc(-n2cnnc2)ccc1Cl. The Kier molecular flexibility index (Phi) is 6.08. The van der Waals surface area contributed by atoms with Gasteiger partial charge in [-0.25, -0.2) is 0 Å². The van der Waals surface area contributed by atoms with Gasteiger partial charge in [-0.1, -0.05) is 43.6 Å². The van der Waals surface area contributed by atoms with Crippen LogP contribution in [-0.2, 0) is 0 Å². The number of rotatable bonds is 7. The summed E-state index contributed by atoms with van der Waals surface area (Å²) in [5.74, 6) is 0.958. The van der Waals surface area contributed by atoms with E-state index >= 15 is 0 Å². The zero-order valence-corrected chi connectivity index (χ0v) is 16.0. The van der Waals surface area contributed by atoms with Crippen molar-refractivity contribution in [3.8, 4) is 11.4 Å². The molecule has 0 aliphatic heterocycles. The molecule has 0 atom stereocenters. The van der Waals surface area contributed by atoms with E-state index in [0.29, 0.717) is 29.7 Å². The second-order valence-electron chi connectivity index (χ2n) is 6.33. The molecule has 0 saturated heterocycles. The van der Waals surface area contributed by atoms with Crippen LogP contribution < -0.4 is 10.1 Å². The molecule has 0 radical (unpaired) electrons. The minimum atomic E-state index is -0.254. The van der Waals surface area contributed by atoms with E-state index in [-0.39, 0.29) is 5.91 Å². The number of benzene rings is 2. The molecule has 0 aliphatic rings. The summed E-state index contributed by atoms with van der Waals surface area (Å²) in [6.45, 7) is 4.99. The van der Waals surface area contributed by atoms with Gasteiger partial charge in [-0.3, -0.25) is 9.36 Å². The lowest BCUT2D eigenvalue weighted by Gasteiger charge is -2.14. The van der Waals surface area contributed by atoms with Crippen LogP contribution in [0.3, 0.4) is 0 Å². The van der Waals surface area contributed by atoms with Crippen molar-refractivity contribution in [2.45, 2.75) is 19.8 Å². The van der Waals surface area contributed by atoms with Crippen LogP contribution in [0.2, 0.25) is 5.02 Å². The number of hydrogen-bond donors (Lipinski definition) is 1. The normalized spacial score (nSPS) is 10.8. The first kappa shape index (κ1) is 18.9. The zero-order valence-electron chi connectivity index (χ0n) is 15.2. The van der Waals surface area contributed by atoms with Gasteiger partial charge in [-0.2, -0.15) is 0 Å². The van der Waals surface area contributed by atoms with E-state index in [4.69, 9.17) is 16.3 Å². The molecule has 0 spiro atoms. The van der Waals surface area contributed by atoms with Crippen LogP contribution in [0.15, 0.2) is 55.1 Å². The summed E-state index contributed by atoms with van der Waals surface area (Å²) in [4.78, 5) is 12.5. The van der Waals surface area contributed by atoms with Crippen molar-refractivity contribution < 1.29 is 9.53 Å². The van der Waals surface area contributed by atoms with Gasteiger partial charge in [0.15, 0.2) is 0 Å². The second-order valence-corrected chi connectivity index (χ2v) is 6.74. The van der Waals surface area contributed by atoms with Crippen molar-refractivity contribution >= 4 is 17.5 Å². The fraction of sp³-hybridized carbons (Fsp3) is 0.250. The average Bonchev–Trinajstić information content (AvgIpc) is 3.20. The Morgan fingerprint density at radius 2 is 1.93 bits per heavy atom. The Morgan fingerprint density at radius 3 is 2.67 bits per heavy atom. The van der Waals surface area contributed by atoms with Crippen LogP contribution in [0.4, 0.5) is 0 Å². The maximum absolute atomic E-state index is 12.5. The van der Waals surface area contributed by atoms with Gasteiger partial charge in [-0.05, 0) is 35.7 Å². The first-order chi connectivity index (χ1) is 13.1. The highest BCUT2D eigenvalue weighted by Crippen LogP contribution is 2.25. The third-order valence-electron chi connectivity index (χ3n) is 4.10. The predicted octanol–water partition coefficient (Wildman–Crippen LogP) is 3.85. The molecule has 3 rings (SSSR count). The van der Waals surface area contributed by atoms with E-state index in [0.717, 1.165) is 17.0 Å². The van der Waals surface area contributed by atoms with E-state index < -0.39 is 0 Å². The Bertz CT molecular complexity index is 910. The summed E-state index contributed by atoms with van der Waals surface area (Å²) in [5, 5.41) is 10.8. The summed E-state index contributed by atoms with van der Waals surface area (Å²) < 4.78 is 7.54. The van der Waals surface area contributed by atoms with Gasteiger partial charge in [0.05, 0.1) is 17.1 Å². The van der Waals surface area contributed by atoms with E-state index in [2.05, 4.69) is 35.4 Å². The maximum atomic E-state index is 12.5. The molecule has 0 aliphatic carbocycles. The Balaban J connectivity index is 1.59. The average molecular weight is 385 g/mol. The number of aromatic nitrogens is 3. The minimum absolute atomic E-state index is 0.254. The van der Waals surface area contributed by atoms with Crippen molar-refractivity contribution in [2.75, 3.05) is 13.2 Å². The molecular formula is C20H21ClN4O2. The second kappa shape index (κ2) is 8.68. The van der Waals surface area contributed by atoms with E-state index in [9.17, 15) is 4.79 Å². The number of nitrogens with zero attached hydrogens (tertiary/aromatic N) is 3. The molecule has 1 amide bonds. The molecule has 3 aromatic rings. The van der Waals surface area contributed by atoms with Crippen molar-refractivity contribution in [3.63, 3.8) is 0 Å². The third-order valence-corrected chi connectivity index (χ3v) is 4.43. The quantitative estimate of drug-likeness (QED) is 0.628. The highest BCUT2D eigenvalue weighted by atomic mass is 35.5. The van der Waals surface area contributed by atoms with Crippen molar-refractivity contribution in [1.82, 2.24) is 20.1 Å². The lowest BCUT2D eigenvalue weighted by atomic mass is 10.0. The molecule has 6 nitrogen and oxygen atoms in total. The van der Waals surface area contributed by atoms with Gasteiger partial charge in [0.1, 0.15) is 25.0 Å². The molecule has 0 saturated carbocycles. The van der Waals surface area contributed by atoms with E-state index in [1.807, 2.05) is 18.2 Å². The number of hydrogen-bond acceptors (Lipinski definition) is 4. The number of carbonyl (C=O) groups excluding carboxylic acids is 1. The lowest BCUT2D eigenvalue weighted by molar-refractivity contribution is 0.0947. The van der Waals surface area contributed by atoms with Gasteiger partial charge < -0.3 is 10.1 Å². The van der Waals surface area contributed by atoms with Crippen LogP contribution in [0.1, 0.15) is 35.7 Å². The first-order valence-electron chi connectivity index (χ1n) is 8.70.